The van der Waals surface area contributed by atoms with Crippen molar-refractivity contribution in [1.82, 2.24) is 4.90 Å². The molecule has 110 valence electrons. The second-order valence-corrected chi connectivity index (χ2v) is 4.54. The molecule has 0 aromatic heterocycles. The van der Waals surface area contributed by atoms with Gasteiger partial charge >= 0.3 is 5.97 Å². The van der Waals surface area contributed by atoms with E-state index in [1.165, 1.54) is 0 Å². The number of para-hydroxylation sites is 1. The molecule has 1 amide bonds. The molecule has 20 heavy (non-hydrogen) atoms. The fourth-order valence-corrected chi connectivity index (χ4v) is 2.01. The Labute approximate surface area is 119 Å². The van der Waals surface area contributed by atoms with Gasteiger partial charge in [-0.25, -0.2) is 0 Å². The van der Waals surface area contributed by atoms with Gasteiger partial charge in [0.15, 0.2) is 0 Å². The first-order valence-corrected chi connectivity index (χ1v) is 6.73. The maximum atomic E-state index is 12.0. The van der Waals surface area contributed by atoms with E-state index in [0.717, 1.165) is 5.75 Å². The molecule has 1 atom stereocenters. The Hall–Kier alpha value is -2.04. The number of rotatable bonds is 8. The Bertz CT molecular complexity index is 433. The molecule has 1 aromatic carbocycles. The van der Waals surface area contributed by atoms with E-state index in [1.807, 2.05) is 37.3 Å². The molecule has 1 rings (SSSR count). The van der Waals surface area contributed by atoms with Gasteiger partial charge in [0.1, 0.15) is 5.75 Å². The van der Waals surface area contributed by atoms with Crippen LogP contribution >= 0.6 is 0 Å². The number of aliphatic carboxylic acids is 1. The molecule has 0 aliphatic heterocycles. The van der Waals surface area contributed by atoms with Crippen molar-refractivity contribution in [2.45, 2.75) is 32.7 Å². The summed E-state index contributed by atoms with van der Waals surface area (Å²) in [5, 5.41) is 8.77. The fourth-order valence-electron chi connectivity index (χ4n) is 2.01. The average molecular weight is 279 g/mol. The number of benzene rings is 1. The van der Waals surface area contributed by atoms with Crippen LogP contribution in [0, 0.1) is 0 Å². The minimum atomic E-state index is -0.899. The van der Waals surface area contributed by atoms with E-state index in [4.69, 9.17) is 9.84 Å². The van der Waals surface area contributed by atoms with Crippen LogP contribution in [0.5, 0.6) is 5.75 Å². The summed E-state index contributed by atoms with van der Waals surface area (Å²) in [6.07, 6.45) is 0.200. The van der Waals surface area contributed by atoms with Crippen molar-refractivity contribution in [1.29, 1.82) is 0 Å². The Kier molecular flexibility index (Phi) is 6.56. The number of amides is 1. The molecule has 0 aliphatic carbocycles. The molecule has 1 N–H and O–H groups in total. The van der Waals surface area contributed by atoms with E-state index in [0.29, 0.717) is 13.2 Å². The number of carbonyl (C=O) groups excluding carboxylic acids is 1. The highest BCUT2D eigenvalue weighted by atomic mass is 16.5. The van der Waals surface area contributed by atoms with Crippen LogP contribution < -0.4 is 4.74 Å². The lowest BCUT2D eigenvalue weighted by atomic mass is 10.2. The lowest BCUT2D eigenvalue weighted by molar-refractivity contribution is -0.140. The number of carbonyl (C=O) groups is 2. The molecule has 0 radical (unpaired) electrons. The minimum absolute atomic E-state index is 0.0425. The number of carboxylic acid groups (broad SMARTS) is 1. The van der Waals surface area contributed by atoms with Gasteiger partial charge in [-0.05, 0) is 26.0 Å². The van der Waals surface area contributed by atoms with Gasteiger partial charge in [-0.2, -0.15) is 0 Å². The van der Waals surface area contributed by atoms with Crippen LogP contribution in [0.25, 0.3) is 0 Å². The average Bonchev–Trinajstić information content (AvgIpc) is 2.40. The van der Waals surface area contributed by atoms with E-state index < -0.39 is 5.97 Å². The fraction of sp³-hybridized carbons (Fsp3) is 0.467. The van der Waals surface area contributed by atoms with E-state index in [1.54, 1.807) is 11.8 Å². The number of hydrogen-bond acceptors (Lipinski definition) is 3. The van der Waals surface area contributed by atoms with E-state index in [-0.39, 0.29) is 24.8 Å². The molecule has 1 unspecified atom stereocenters. The zero-order chi connectivity index (χ0) is 15.0. The van der Waals surface area contributed by atoms with Gasteiger partial charge in [-0.1, -0.05) is 18.2 Å². The first-order valence-electron chi connectivity index (χ1n) is 6.73. The highest BCUT2D eigenvalue weighted by Crippen LogP contribution is 2.10. The standard InChI is InChI=1S/C15H21NO4/c1-3-16(12(2)11-15(18)19)14(17)9-10-20-13-7-5-4-6-8-13/h4-8,12H,3,9-11H2,1-2H3,(H,18,19). The smallest absolute Gasteiger partial charge is 0.305 e. The minimum Gasteiger partial charge on any atom is -0.493 e. The molecule has 0 aliphatic rings. The van der Waals surface area contributed by atoms with Crippen molar-refractivity contribution in [3.8, 4) is 5.75 Å². The first kappa shape index (κ1) is 16.0. The molecule has 0 spiro atoms. The van der Waals surface area contributed by atoms with Crippen LogP contribution in [0.1, 0.15) is 26.7 Å². The molecule has 5 heteroatoms. The summed E-state index contributed by atoms with van der Waals surface area (Å²) in [7, 11) is 0. The zero-order valence-electron chi connectivity index (χ0n) is 11.9. The van der Waals surface area contributed by atoms with Crippen molar-refractivity contribution in [2.75, 3.05) is 13.2 Å². The second kappa shape index (κ2) is 8.19. The number of ether oxygens (including phenoxy) is 1. The van der Waals surface area contributed by atoms with Gasteiger partial charge in [0.05, 0.1) is 19.4 Å². The van der Waals surface area contributed by atoms with Crippen LogP contribution in [-0.2, 0) is 9.59 Å². The SMILES string of the molecule is CCN(C(=O)CCOc1ccccc1)C(C)CC(=O)O. The highest BCUT2D eigenvalue weighted by molar-refractivity contribution is 5.77. The van der Waals surface area contributed by atoms with Gasteiger partial charge < -0.3 is 14.7 Å². The van der Waals surface area contributed by atoms with Crippen LogP contribution in [0.15, 0.2) is 30.3 Å². The van der Waals surface area contributed by atoms with Crippen molar-refractivity contribution in [3.63, 3.8) is 0 Å². The molecule has 0 saturated carbocycles. The van der Waals surface area contributed by atoms with Crippen LogP contribution in [0.3, 0.4) is 0 Å². The summed E-state index contributed by atoms with van der Waals surface area (Å²) in [4.78, 5) is 24.3. The van der Waals surface area contributed by atoms with Gasteiger partial charge in [0.2, 0.25) is 5.91 Å². The summed E-state index contributed by atoms with van der Waals surface area (Å²) in [6, 6.07) is 8.98. The largest absolute Gasteiger partial charge is 0.493 e. The number of nitrogens with zero attached hydrogens (tertiary/aromatic N) is 1. The van der Waals surface area contributed by atoms with Crippen LogP contribution in [0.2, 0.25) is 0 Å². The highest BCUT2D eigenvalue weighted by Gasteiger charge is 2.20. The molecular weight excluding hydrogens is 258 g/mol. The van der Waals surface area contributed by atoms with Crippen molar-refractivity contribution < 1.29 is 19.4 Å². The monoisotopic (exact) mass is 279 g/mol. The maximum absolute atomic E-state index is 12.0. The number of carboxylic acids is 1. The second-order valence-electron chi connectivity index (χ2n) is 4.54. The third kappa shape index (κ3) is 5.30. The Morgan fingerprint density at radius 3 is 2.50 bits per heavy atom. The molecule has 0 saturated heterocycles. The van der Waals surface area contributed by atoms with Gasteiger partial charge in [0, 0.05) is 12.6 Å². The third-order valence-corrected chi connectivity index (χ3v) is 2.99. The van der Waals surface area contributed by atoms with Crippen LogP contribution in [0.4, 0.5) is 0 Å². The normalized spacial score (nSPS) is 11.7. The molecule has 1 aromatic rings. The zero-order valence-corrected chi connectivity index (χ0v) is 11.9. The Morgan fingerprint density at radius 2 is 1.95 bits per heavy atom. The van der Waals surface area contributed by atoms with Gasteiger partial charge in [0.25, 0.3) is 0 Å². The molecule has 0 fully saturated rings. The Balaban J connectivity index is 2.41. The van der Waals surface area contributed by atoms with E-state index >= 15 is 0 Å². The van der Waals surface area contributed by atoms with Crippen LogP contribution in [-0.4, -0.2) is 41.1 Å². The summed E-state index contributed by atoms with van der Waals surface area (Å²) in [5.74, 6) is -0.261. The quantitative estimate of drug-likeness (QED) is 0.792. The lowest BCUT2D eigenvalue weighted by Gasteiger charge is -2.27. The van der Waals surface area contributed by atoms with Gasteiger partial charge in [-0.15, -0.1) is 0 Å². The predicted molar refractivity (Wildman–Crippen MR) is 75.7 cm³/mol. The molecule has 5 nitrogen and oxygen atoms in total. The predicted octanol–water partition coefficient (Wildman–Crippen LogP) is 2.17. The topological polar surface area (TPSA) is 66.8 Å². The van der Waals surface area contributed by atoms with Crippen molar-refractivity contribution >= 4 is 11.9 Å². The third-order valence-electron chi connectivity index (χ3n) is 2.99. The Morgan fingerprint density at radius 1 is 1.30 bits per heavy atom. The summed E-state index contributed by atoms with van der Waals surface area (Å²) in [6.45, 7) is 4.37. The molecular formula is C15H21NO4. The number of hydrogen-bond donors (Lipinski definition) is 1. The lowest BCUT2D eigenvalue weighted by Crippen LogP contribution is -2.40. The summed E-state index contributed by atoms with van der Waals surface area (Å²) >= 11 is 0. The van der Waals surface area contributed by atoms with Crippen molar-refractivity contribution in [3.05, 3.63) is 30.3 Å². The summed E-state index contributed by atoms with van der Waals surface area (Å²) in [5.41, 5.74) is 0. The van der Waals surface area contributed by atoms with Gasteiger partial charge in [-0.3, -0.25) is 9.59 Å². The van der Waals surface area contributed by atoms with Crippen molar-refractivity contribution in [2.24, 2.45) is 0 Å². The van der Waals surface area contributed by atoms with E-state index in [2.05, 4.69) is 0 Å². The molecule has 0 bridgehead atoms. The first-order chi connectivity index (χ1) is 9.54. The summed E-state index contributed by atoms with van der Waals surface area (Å²) < 4.78 is 5.47. The maximum Gasteiger partial charge on any atom is 0.305 e. The van der Waals surface area contributed by atoms with E-state index in [9.17, 15) is 9.59 Å². The molecule has 0 heterocycles.